The number of rotatable bonds is 6. The van der Waals surface area contributed by atoms with Crippen LogP contribution >= 0.6 is 0 Å². The fourth-order valence-electron chi connectivity index (χ4n) is 1.77. The van der Waals surface area contributed by atoms with Crippen molar-refractivity contribution in [3.05, 3.63) is 65.7 Å². The molecular formula is C16H14F2O2. The van der Waals surface area contributed by atoms with Gasteiger partial charge in [-0.3, -0.25) is 4.79 Å². The van der Waals surface area contributed by atoms with Crippen LogP contribution < -0.4 is 4.74 Å². The van der Waals surface area contributed by atoms with E-state index in [4.69, 9.17) is 4.74 Å². The van der Waals surface area contributed by atoms with Crippen molar-refractivity contribution < 1.29 is 18.3 Å². The van der Waals surface area contributed by atoms with Crippen molar-refractivity contribution in [2.45, 2.75) is 12.8 Å². The Balaban J connectivity index is 1.79. The van der Waals surface area contributed by atoms with Gasteiger partial charge in [0.05, 0.1) is 6.61 Å². The molecule has 0 heterocycles. The fraction of sp³-hybridized carbons (Fsp3) is 0.188. The molecule has 104 valence electrons. The van der Waals surface area contributed by atoms with Crippen LogP contribution in [0.1, 0.15) is 12.0 Å². The summed E-state index contributed by atoms with van der Waals surface area (Å²) in [7, 11) is 0. The monoisotopic (exact) mass is 276 g/mol. The van der Waals surface area contributed by atoms with Crippen LogP contribution in [0.25, 0.3) is 0 Å². The number of hydrogen-bond acceptors (Lipinski definition) is 2. The zero-order valence-electron chi connectivity index (χ0n) is 10.8. The van der Waals surface area contributed by atoms with Gasteiger partial charge in [-0.2, -0.15) is 0 Å². The second-order valence-electron chi connectivity index (χ2n) is 4.38. The highest BCUT2D eigenvalue weighted by atomic mass is 19.2. The summed E-state index contributed by atoms with van der Waals surface area (Å²) in [6.45, 7) is 0.270. The molecule has 2 nitrogen and oxygen atoms in total. The molecule has 0 unspecified atom stereocenters. The lowest BCUT2D eigenvalue weighted by Gasteiger charge is -2.05. The molecule has 0 fully saturated rings. The number of carbonyl (C=O) groups is 1. The Kier molecular flexibility index (Phi) is 4.82. The number of para-hydroxylation sites is 1. The standard InChI is InChI=1S/C16H14F2O2/c17-15-7-6-12(11-16(15)18)10-13(19)8-9-20-14-4-2-1-3-5-14/h1-7,11H,8-10H2. The van der Waals surface area contributed by atoms with Crippen LogP contribution in [0.15, 0.2) is 48.5 Å². The van der Waals surface area contributed by atoms with Crippen LogP contribution in [-0.2, 0) is 11.2 Å². The van der Waals surface area contributed by atoms with E-state index in [0.29, 0.717) is 11.3 Å². The molecule has 0 aliphatic heterocycles. The van der Waals surface area contributed by atoms with E-state index >= 15 is 0 Å². The van der Waals surface area contributed by atoms with Gasteiger partial charge in [0.2, 0.25) is 0 Å². The predicted octanol–water partition coefficient (Wildman–Crippen LogP) is 3.55. The molecule has 0 radical (unpaired) electrons. The van der Waals surface area contributed by atoms with Crippen LogP contribution in [0.5, 0.6) is 5.75 Å². The molecule has 0 spiro atoms. The molecule has 20 heavy (non-hydrogen) atoms. The molecular weight excluding hydrogens is 262 g/mol. The molecule has 2 aromatic rings. The highest BCUT2D eigenvalue weighted by molar-refractivity contribution is 5.80. The van der Waals surface area contributed by atoms with Gasteiger partial charge in [0.15, 0.2) is 11.6 Å². The Hall–Kier alpha value is -2.23. The zero-order valence-corrected chi connectivity index (χ0v) is 10.8. The molecule has 2 aromatic carbocycles. The SMILES string of the molecule is O=C(CCOc1ccccc1)Cc1ccc(F)c(F)c1. The summed E-state index contributed by atoms with van der Waals surface area (Å²) >= 11 is 0. The predicted molar refractivity (Wildman–Crippen MR) is 71.6 cm³/mol. The summed E-state index contributed by atoms with van der Waals surface area (Å²) in [6.07, 6.45) is 0.309. The summed E-state index contributed by atoms with van der Waals surface area (Å²) in [5.74, 6) is -1.22. The first kappa shape index (κ1) is 14.2. The highest BCUT2D eigenvalue weighted by Crippen LogP contribution is 2.11. The van der Waals surface area contributed by atoms with Gasteiger partial charge in [0.25, 0.3) is 0 Å². The van der Waals surface area contributed by atoms with E-state index in [1.807, 2.05) is 18.2 Å². The van der Waals surface area contributed by atoms with Gasteiger partial charge in [-0.25, -0.2) is 8.78 Å². The molecule has 0 N–H and O–H groups in total. The molecule has 0 saturated heterocycles. The van der Waals surface area contributed by atoms with E-state index in [9.17, 15) is 13.6 Å². The summed E-state index contributed by atoms with van der Waals surface area (Å²) < 4.78 is 31.1. The van der Waals surface area contributed by atoms with Gasteiger partial charge in [-0.15, -0.1) is 0 Å². The number of benzene rings is 2. The van der Waals surface area contributed by atoms with Gasteiger partial charge in [0, 0.05) is 12.8 Å². The maximum atomic E-state index is 13.0. The molecule has 4 heteroatoms. The van der Waals surface area contributed by atoms with Crippen molar-refractivity contribution in [2.75, 3.05) is 6.61 Å². The molecule has 0 saturated carbocycles. The first-order valence-corrected chi connectivity index (χ1v) is 6.28. The summed E-state index contributed by atoms with van der Waals surface area (Å²) in [5.41, 5.74) is 0.466. The third kappa shape index (κ3) is 4.16. The molecule has 2 rings (SSSR count). The van der Waals surface area contributed by atoms with E-state index in [-0.39, 0.29) is 25.2 Å². The van der Waals surface area contributed by atoms with Crippen LogP contribution in [0.2, 0.25) is 0 Å². The fourth-order valence-corrected chi connectivity index (χ4v) is 1.77. The number of hydrogen-bond donors (Lipinski definition) is 0. The number of ketones is 1. The Bertz CT molecular complexity index is 582. The van der Waals surface area contributed by atoms with Gasteiger partial charge >= 0.3 is 0 Å². The lowest BCUT2D eigenvalue weighted by molar-refractivity contribution is -0.118. The normalized spacial score (nSPS) is 10.3. The molecule has 0 bridgehead atoms. The van der Waals surface area contributed by atoms with E-state index in [2.05, 4.69) is 0 Å². The summed E-state index contributed by atoms with van der Waals surface area (Å²) in [6, 6.07) is 12.7. The largest absolute Gasteiger partial charge is 0.493 e. The van der Waals surface area contributed by atoms with Crippen molar-refractivity contribution in [3.8, 4) is 5.75 Å². The maximum absolute atomic E-state index is 13.0. The third-order valence-electron chi connectivity index (χ3n) is 2.78. The van der Waals surface area contributed by atoms with E-state index in [1.54, 1.807) is 12.1 Å². The lowest BCUT2D eigenvalue weighted by Crippen LogP contribution is -2.09. The van der Waals surface area contributed by atoms with E-state index < -0.39 is 11.6 Å². The quantitative estimate of drug-likeness (QED) is 0.806. The molecule has 0 aliphatic rings. The highest BCUT2D eigenvalue weighted by Gasteiger charge is 2.07. The number of halogens is 2. The van der Waals surface area contributed by atoms with Crippen LogP contribution in [0, 0.1) is 11.6 Å². The van der Waals surface area contributed by atoms with Crippen molar-refractivity contribution >= 4 is 5.78 Å². The topological polar surface area (TPSA) is 26.3 Å². The number of ether oxygens (including phenoxy) is 1. The van der Waals surface area contributed by atoms with Gasteiger partial charge in [-0.05, 0) is 29.8 Å². The molecule has 0 atom stereocenters. The average Bonchev–Trinajstić information content (AvgIpc) is 2.44. The Morgan fingerprint density at radius 2 is 1.75 bits per heavy atom. The minimum absolute atomic E-state index is 0.0769. The van der Waals surface area contributed by atoms with Crippen molar-refractivity contribution in [1.29, 1.82) is 0 Å². The summed E-state index contributed by atoms with van der Waals surface area (Å²) in [4.78, 5) is 11.7. The third-order valence-corrected chi connectivity index (χ3v) is 2.78. The summed E-state index contributed by atoms with van der Waals surface area (Å²) in [5, 5.41) is 0. The van der Waals surface area contributed by atoms with E-state index in [0.717, 1.165) is 12.1 Å². The zero-order chi connectivity index (χ0) is 14.4. The molecule has 0 aromatic heterocycles. The van der Waals surface area contributed by atoms with Crippen LogP contribution in [0.3, 0.4) is 0 Å². The average molecular weight is 276 g/mol. The van der Waals surface area contributed by atoms with Gasteiger partial charge in [-0.1, -0.05) is 24.3 Å². The molecule has 0 amide bonds. The van der Waals surface area contributed by atoms with Gasteiger partial charge in [0.1, 0.15) is 11.5 Å². The second-order valence-corrected chi connectivity index (χ2v) is 4.38. The number of Topliss-reactive ketones (excluding diaryl/α,β-unsaturated/α-hetero) is 1. The smallest absolute Gasteiger partial charge is 0.159 e. The van der Waals surface area contributed by atoms with Crippen LogP contribution in [-0.4, -0.2) is 12.4 Å². The first-order valence-electron chi connectivity index (χ1n) is 6.28. The van der Waals surface area contributed by atoms with Crippen molar-refractivity contribution in [3.63, 3.8) is 0 Å². The van der Waals surface area contributed by atoms with Crippen molar-refractivity contribution in [1.82, 2.24) is 0 Å². The minimum atomic E-state index is -0.934. The Morgan fingerprint density at radius 3 is 2.45 bits per heavy atom. The lowest BCUT2D eigenvalue weighted by atomic mass is 10.1. The molecule has 0 aliphatic carbocycles. The Labute approximate surface area is 116 Å². The number of carbonyl (C=O) groups excluding carboxylic acids is 1. The first-order chi connectivity index (χ1) is 9.65. The van der Waals surface area contributed by atoms with Crippen molar-refractivity contribution in [2.24, 2.45) is 0 Å². The Morgan fingerprint density at radius 1 is 1.00 bits per heavy atom. The van der Waals surface area contributed by atoms with Crippen LogP contribution in [0.4, 0.5) is 8.78 Å². The van der Waals surface area contributed by atoms with Gasteiger partial charge < -0.3 is 4.74 Å². The minimum Gasteiger partial charge on any atom is -0.493 e. The van der Waals surface area contributed by atoms with E-state index in [1.165, 1.54) is 6.07 Å². The maximum Gasteiger partial charge on any atom is 0.159 e. The second kappa shape index (κ2) is 6.80.